The van der Waals surface area contributed by atoms with E-state index in [0.717, 1.165) is 18.4 Å². The first-order valence-electron chi connectivity index (χ1n) is 8.58. The highest BCUT2D eigenvalue weighted by atomic mass is 16.5. The number of hydrogen-bond acceptors (Lipinski definition) is 6. The minimum absolute atomic E-state index is 0.0372. The van der Waals surface area contributed by atoms with Crippen LogP contribution in [-0.2, 0) is 25.5 Å². The van der Waals surface area contributed by atoms with Crippen LogP contribution in [0.1, 0.15) is 41.6 Å². The van der Waals surface area contributed by atoms with Crippen molar-refractivity contribution in [3.63, 3.8) is 0 Å². The Morgan fingerprint density at radius 2 is 2.19 bits per heavy atom. The van der Waals surface area contributed by atoms with E-state index >= 15 is 0 Å². The van der Waals surface area contributed by atoms with E-state index in [1.54, 1.807) is 13.8 Å². The highest BCUT2D eigenvalue weighted by Gasteiger charge is 2.17. The molecule has 26 heavy (non-hydrogen) atoms. The monoisotopic (exact) mass is 361 g/mol. The van der Waals surface area contributed by atoms with Gasteiger partial charge < -0.3 is 19.8 Å². The summed E-state index contributed by atoms with van der Waals surface area (Å²) in [6.45, 7) is 4.20. The quantitative estimate of drug-likeness (QED) is 0.687. The smallest absolute Gasteiger partial charge is 0.306 e. The molecule has 1 aromatic heterocycles. The zero-order chi connectivity index (χ0) is 19.1. The molecule has 1 aliphatic heterocycles. The lowest BCUT2D eigenvalue weighted by atomic mass is 9.99. The summed E-state index contributed by atoms with van der Waals surface area (Å²) < 4.78 is 10.4. The first kappa shape index (κ1) is 19.7. The van der Waals surface area contributed by atoms with Crippen LogP contribution >= 0.6 is 0 Å². The SMILES string of the molecule is Cc1[nH]c(=O)c(C#N)c(C)c1CCC(=O)OCC(=O)NC[C@H]1CCCO1. The molecule has 0 aromatic carbocycles. The number of aryl methyl sites for hydroxylation is 1. The lowest BCUT2D eigenvalue weighted by Gasteiger charge is -2.12. The Bertz CT molecular complexity index is 772. The van der Waals surface area contributed by atoms with Gasteiger partial charge >= 0.3 is 5.97 Å². The second-order valence-electron chi connectivity index (χ2n) is 6.27. The third-order valence-corrected chi connectivity index (χ3v) is 4.41. The van der Waals surface area contributed by atoms with E-state index in [1.807, 2.05) is 6.07 Å². The predicted octanol–water partition coefficient (Wildman–Crippen LogP) is 0.634. The first-order chi connectivity index (χ1) is 12.4. The number of nitrogens with zero attached hydrogens (tertiary/aromatic N) is 1. The number of nitriles is 1. The van der Waals surface area contributed by atoms with Crippen LogP contribution in [0, 0.1) is 25.2 Å². The molecule has 2 N–H and O–H groups in total. The number of nitrogens with one attached hydrogen (secondary N) is 2. The molecule has 1 fully saturated rings. The summed E-state index contributed by atoms with van der Waals surface area (Å²) >= 11 is 0. The molecule has 2 rings (SSSR count). The van der Waals surface area contributed by atoms with Crippen molar-refractivity contribution in [1.29, 1.82) is 5.26 Å². The third kappa shape index (κ3) is 5.17. The molecule has 0 saturated carbocycles. The van der Waals surface area contributed by atoms with Crippen LogP contribution in [0.5, 0.6) is 0 Å². The number of amides is 1. The Morgan fingerprint density at radius 3 is 2.85 bits per heavy atom. The van der Waals surface area contributed by atoms with Gasteiger partial charge in [-0.15, -0.1) is 0 Å². The van der Waals surface area contributed by atoms with Gasteiger partial charge in [0.05, 0.1) is 6.10 Å². The fraction of sp³-hybridized carbons (Fsp3) is 0.556. The Labute approximate surface area is 151 Å². The molecule has 8 nitrogen and oxygen atoms in total. The average molecular weight is 361 g/mol. The van der Waals surface area contributed by atoms with Crippen molar-refractivity contribution < 1.29 is 19.1 Å². The van der Waals surface area contributed by atoms with E-state index in [1.165, 1.54) is 0 Å². The van der Waals surface area contributed by atoms with Gasteiger partial charge in [0.25, 0.3) is 11.5 Å². The van der Waals surface area contributed by atoms with Gasteiger partial charge in [-0.1, -0.05) is 0 Å². The molecule has 1 saturated heterocycles. The van der Waals surface area contributed by atoms with Crippen molar-refractivity contribution in [2.45, 2.75) is 45.6 Å². The largest absolute Gasteiger partial charge is 0.456 e. The standard InChI is InChI=1S/C18H23N3O5/c1-11-14(12(2)21-18(24)15(11)8-19)5-6-17(23)26-10-16(22)20-9-13-4-3-7-25-13/h13H,3-7,9-10H2,1-2H3,(H,20,22)(H,21,24)/t13-/m1/s1. The third-order valence-electron chi connectivity index (χ3n) is 4.41. The van der Waals surface area contributed by atoms with E-state index in [9.17, 15) is 14.4 Å². The number of rotatable bonds is 7. The second-order valence-corrected chi connectivity index (χ2v) is 6.27. The van der Waals surface area contributed by atoms with Crippen LogP contribution in [0.15, 0.2) is 4.79 Å². The number of carbonyl (C=O) groups is 2. The van der Waals surface area contributed by atoms with Crippen molar-refractivity contribution in [1.82, 2.24) is 10.3 Å². The van der Waals surface area contributed by atoms with Gasteiger partial charge in [0.2, 0.25) is 0 Å². The molecule has 1 amide bonds. The summed E-state index contributed by atoms with van der Waals surface area (Å²) in [5, 5.41) is 11.7. The molecular formula is C18H23N3O5. The van der Waals surface area contributed by atoms with Gasteiger partial charge in [-0.3, -0.25) is 14.4 Å². The van der Waals surface area contributed by atoms with Gasteiger partial charge in [0.1, 0.15) is 11.6 Å². The molecule has 0 unspecified atom stereocenters. The van der Waals surface area contributed by atoms with Crippen molar-refractivity contribution in [3.8, 4) is 6.07 Å². The maximum Gasteiger partial charge on any atom is 0.306 e. The molecule has 140 valence electrons. The number of ether oxygens (including phenoxy) is 2. The number of aromatic amines is 1. The van der Waals surface area contributed by atoms with Crippen molar-refractivity contribution in [3.05, 3.63) is 32.7 Å². The van der Waals surface area contributed by atoms with Crippen LogP contribution in [0.25, 0.3) is 0 Å². The highest BCUT2D eigenvalue weighted by molar-refractivity contribution is 5.80. The zero-order valence-corrected chi connectivity index (χ0v) is 15.0. The van der Waals surface area contributed by atoms with E-state index in [0.29, 0.717) is 30.8 Å². The fourth-order valence-electron chi connectivity index (χ4n) is 2.95. The van der Waals surface area contributed by atoms with Crippen LogP contribution in [0.3, 0.4) is 0 Å². The van der Waals surface area contributed by atoms with Gasteiger partial charge in [0.15, 0.2) is 6.61 Å². The van der Waals surface area contributed by atoms with Gasteiger partial charge in [-0.05, 0) is 44.2 Å². The average Bonchev–Trinajstić information content (AvgIpc) is 3.11. The maximum atomic E-state index is 11.9. The van der Waals surface area contributed by atoms with E-state index in [4.69, 9.17) is 14.7 Å². The van der Waals surface area contributed by atoms with Crippen molar-refractivity contribution in [2.75, 3.05) is 19.8 Å². The maximum absolute atomic E-state index is 11.9. The topological polar surface area (TPSA) is 121 Å². The fourth-order valence-corrected chi connectivity index (χ4v) is 2.95. The lowest BCUT2D eigenvalue weighted by molar-refractivity contribution is -0.148. The summed E-state index contributed by atoms with van der Waals surface area (Å²) in [7, 11) is 0. The minimum atomic E-state index is -0.513. The van der Waals surface area contributed by atoms with Gasteiger partial charge in [0, 0.05) is 25.3 Å². The molecular weight excluding hydrogens is 338 g/mol. The Balaban J connectivity index is 1.79. The van der Waals surface area contributed by atoms with E-state index < -0.39 is 11.5 Å². The molecule has 0 bridgehead atoms. The molecule has 1 aromatic rings. The number of pyridine rings is 1. The zero-order valence-electron chi connectivity index (χ0n) is 15.0. The summed E-state index contributed by atoms with van der Waals surface area (Å²) in [6, 6.07) is 1.87. The first-order valence-corrected chi connectivity index (χ1v) is 8.58. The number of hydrogen-bond donors (Lipinski definition) is 2. The molecule has 0 spiro atoms. The van der Waals surface area contributed by atoms with Crippen molar-refractivity contribution >= 4 is 11.9 Å². The number of carbonyl (C=O) groups excluding carboxylic acids is 2. The van der Waals surface area contributed by atoms with Crippen LogP contribution < -0.4 is 10.9 Å². The predicted molar refractivity (Wildman–Crippen MR) is 92.5 cm³/mol. The number of H-pyrrole nitrogens is 1. The lowest BCUT2D eigenvalue weighted by Crippen LogP contribution is -2.34. The highest BCUT2D eigenvalue weighted by Crippen LogP contribution is 2.15. The summed E-state index contributed by atoms with van der Waals surface area (Å²) in [5.74, 6) is -0.877. The Hall–Kier alpha value is -2.66. The Morgan fingerprint density at radius 1 is 1.42 bits per heavy atom. The minimum Gasteiger partial charge on any atom is -0.456 e. The van der Waals surface area contributed by atoms with Crippen molar-refractivity contribution in [2.24, 2.45) is 0 Å². The second kappa shape index (κ2) is 9.15. The molecule has 0 aliphatic carbocycles. The van der Waals surface area contributed by atoms with Crippen LogP contribution in [0.4, 0.5) is 0 Å². The summed E-state index contributed by atoms with van der Waals surface area (Å²) in [4.78, 5) is 37.9. The molecule has 8 heteroatoms. The van der Waals surface area contributed by atoms with Gasteiger partial charge in [-0.2, -0.15) is 5.26 Å². The number of aromatic nitrogens is 1. The van der Waals surface area contributed by atoms with E-state index in [-0.39, 0.29) is 30.6 Å². The summed E-state index contributed by atoms with van der Waals surface area (Å²) in [6.07, 6.45) is 2.32. The molecule has 1 atom stereocenters. The van der Waals surface area contributed by atoms with Gasteiger partial charge in [-0.25, -0.2) is 0 Å². The number of esters is 1. The van der Waals surface area contributed by atoms with Crippen LogP contribution in [-0.4, -0.2) is 42.7 Å². The normalized spacial score (nSPS) is 16.1. The molecule has 0 radical (unpaired) electrons. The summed E-state index contributed by atoms with van der Waals surface area (Å²) in [5.41, 5.74) is 1.54. The van der Waals surface area contributed by atoms with E-state index in [2.05, 4.69) is 10.3 Å². The molecule has 1 aliphatic rings. The Kier molecular flexibility index (Phi) is 6.92. The molecule has 2 heterocycles. The van der Waals surface area contributed by atoms with Crippen LogP contribution in [0.2, 0.25) is 0 Å².